The largest absolute Gasteiger partial charge is 0.435 e. The lowest BCUT2D eigenvalue weighted by atomic mass is 9.99. The van der Waals surface area contributed by atoms with E-state index in [1.807, 2.05) is 24.3 Å². The van der Waals surface area contributed by atoms with Crippen LogP contribution >= 0.6 is 0 Å². The van der Waals surface area contributed by atoms with Gasteiger partial charge >= 0.3 is 18.0 Å². The Hall–Kier alpha value is -4.49. The van der Waals surface area contributed by atoms with E-state index >= 15 is 0 Å². The minimum atomic E-state index is -4.73. The summed E-state index contributed by atoms with van der Waals surface area (Å²) in [5, 5.41) is 15.5. The molecule has 0 aliphatic carbocycles. The highest BCUT2D eigenvalue weighted by Crippen LogP contribution is 2.37. The molecule has 0 unspecified atom stereocenters. The number of hydrogen-bond acceptors (Lipinski definition) is 7. The summed E-state index contributed by atoms with van der Waals surface area (Å²) in [6.07, 6.45) is 0.212. The van der Waals surface area contributed by atoms with Crippen molar-refractivity contribution in [2.75, 3.05) is 6.54 Å². The first-order valence-corrected chi connectivity index (χ1v) is 10.5. The van der Waals surface area contributed by atoms with Crippen molar-refractivity contribution in [1.29, 1.82) is 0 Å². The highest BCUT2D eigenvalue weighted by atomic mass is 19.4. The topological polar surface area (TPSA) is 123 Å². The number of amides is 1. The maximum Gasteiger partial charge on any atom is 0.435 e. The Morgan fingerprint density at radius 3 is 2.89 bits per heavy atom. The van der Waals surface area contributed by atoms with Crippen LogP contribution in [0, 0.1) is 0 Å². The third-order valence-electron chi connectivity index (χ3n) is 5.79. The molecular formula is C21H16F3N9O2. The average molecular weight is 483 g/mol. The van der Waals surface area contributed by atoms with E-state index < -0.39 is 41.2 Å². The maximum atomic E-state index is 13.5. The Kier molecular flexibility index (Phi) is 4.52. The maximum absolute atomic E-state index is 13.5. The molecule has 1 amide bonds. The van der Waals surface area contributed by atoms with Gasteiger partial charge in [-0.3, -0.25) is 9.48 Å². The number of aromatic nitrogens is 8. The number of halogens is 3. The molecule has 0 saturated heterocycles. The molecule has 14 heteroatoms. The fourth-order valence-electron chi connectivity index (χ4n) is 4.28. The average Bonchev–Trinajstić information content (AvgIpc) is 3.61. The Bertz CT molecular complexity index is 1530. The van der Waals surface area contributed by atoms with Crippen LogP contribution in [-0.4, -0.2) is 56.9 Å². The van der Waals surface area contributed by atoms with E-state index in [1.165, 1.54) is 11.9 Å². The van der Waals surface area contributed by atoms with Crippen LogP contribution in [0.5, 0.6) is 0 Å². The molecular weight excluding hydrogens is 467 g/mol. The molecule has 6 rings (SSSR count). The van der Waals surface area contributed by atoms with Gasteiger partial charge in [-0.1, -0.05) is 6.07 Å². The molecule has 35 heavy (non-hydrogen) atoms. The van der Waals surface area contributed by atoms with Gasteiger partial charge in [-0.2, -0.15) is 23.4 Å². The summed E-state index contributed by atoms with van der Waals surface area (Å²) in [5.74, 6) is -1.53. The minimum absolute atomic E-state index is 0.283. The van der Waals surface area contributed by atoms with Crippen molar-refractivity contribution in [3.8, 4) is 11.5 Å². The fraction of sp³-hybridized carbons (Fsp3) is 0.238. The zero-order chi connectivity index (χ0) is 24.3. The van der Waals surface area contributed by atoms with Crippen molar-refractivity contribution in [2.24, 2.45) is 7.05 Å². The number of carbonyl (C=O) groups excluding carboxylic acids is 1. The van der Waals surface area contributed by atoms with Gasteiger partial charge in [-0.25, -0.2) is 9.50 Å². The number of aromatic amines is 1. The molecule has 0 bridgehead atoms. The molecule has 11 nitrogen and oxygen atoms in total. The number of pyridine rings is 1. The number of rotatable bonds is 3. The lowest BCUT2D eigenvalue weighted by Gasteiger charge is -2.32. The SMILES string of the molecule is Cn1cc(-c2nnc(C(=O)N3CCc4[nH]cnc4[C@@H]3c3cc4ccccn4n3)o2)c(C(F)(F)F)n1. The third kappa shape index (κ3) is 3.45. The predicted octanol–water partition coefficient (Wildman–Crippen LogP) is 2.65. The summed E-state index contributed by atoms with van der Waals surface area (Å²) in [7, 11) is 1.34. The normalized spacial score (nSPS) is 16.1. The lowest BCUT2D eigenvalue weighted by molar-refractivity contribution is -0.141. The van der Waals surface area contributed by atoms with Gasteiger partial charge in [0.25, 0.3) is 5.89 Å². The monoisotopic (exact) mass is 483 g/mol. The highest BCUT2D eigenvalue weighted by Gasteiger charge is 2.41. The van der Waals surface area contributed by atoms with Gasteiger partial charge < -0.3 is 14.3 Å². The molecule has 178 valence electrons. The van der Waals surface area contributed by atoms with Crippen molar-refractivity contribution < 1.29 is 22.4 Å². The Morgan fingerprint density at radius 1 is 1.23 bits per heavy atom. The summed E-state index contributed by atoms with van der Waals surface area (Å²) in [4.78, 5) is 22.5. The van der Waals surface area contributed by atoms with Gasteiger partial charge in [-0.05, 0) is 18.2 Å². The number of imidazole rings is 1. The number of nitrogens with zero attached hydrogens (tertiary/aromatic N) is 8. The molecule has 0 radical (unpaired) electrons. The molecule has 0 aromatic carbocycles. The summed E-state index contributed by atoms with van der Waals surface area (Å²) in [6, 6.07) is 6.78. The van der Waals surface area contributed by atoms with Gasteiger partial charge in [0.15, 0.2) is 5.69 Å². The molecule has 1 aliphatic heterocycles. The van der Waals surface area contributed by atoms with E-state index in [9.17, 15) is 18.0 Å². The number of nitrogens with one attached hydrogen (secondary N) is 1. The number of aryl methyl sites for hydroxylation is 1. The van der Waals surface area contributed by atoms with Gasteiger partial charge in [-0.15, -0.1) is 10.2 Å². The van der Waals surface area contributed by atoms with E-state index in [0.717, 1.165) is 22.1 Å². The summed E-state index contributed by atoms with van der Waals surface area (Å²) >= 11 is 0. The molecule has 5 aromatic heterocycles. The number of H-pyrrole nitrogens is 1. The summed E-state index contributed by atoms with van der Waals surface area (Å²) in [6.45, 7) is 0.283. The van der Waals surface area contributed by atoms with E-state index in [0.29, 0.717) is 17.8 Å². The number of carbonyl (C=O) groups is 1. The van der Waals surface area contributed by atoms with Gasteiger partial charge in [0.1, 0.15) is 6.04 Å². The molecule has 0 spiro atoms. The predicted molar refractivity (Wildman–Crippen MR) is 112 cm³/mol. The summed E-state index contributed by atoms with van der Waals surface area (Å²) < 4.78 is 48.2. The first kappa shape index (κ1) is 21.1. The van der Waals surface area contributed by atoms with Crippen molar-refractivity contribution in [3.63, 3.8) is 0 Å². The van der Waals surface area contributed by atoms with Crippen LogP contribution in [0.25, 0.3) is 17.0 Å². The summed E-state index contributed by atoms with van der Waals surface area (Å²) in [5.41, 5.74) is 1.31. The first-order chi connectivity index (χ1) is 16.8. The molecule has 0 saturated carbocycles. The number of hydrogen-bond donors (Lipinski definition) is 1. The van der Waals surface area contributed by atoms with Gasteiger partial charge in [0.05, 0.1) is 28.8 Å². The second kappa shape index (κ2) is 7.51. The van der Waals surface area contributed by atoms with Gasteiger partial charge in [0, 0.05) is 38.1 Å². The van der Waals surface area contributed by atoms with E-state index in [4.69, 9.17) is 4.42 Å². The lowest BCUT2D eigenvalue weighted by Crippen LogP contribution is -2.41. The molecule has 5 aromatic rings. The number of alkyl halides is 3. The van der Waals surface area contributed by atoms with E-state index in [2.05, 4.69) is 30.4 Å². The van der Waals surface area contributed by atoms with Crippen molar-refractivity contribution in [3.05, 3.63) is 71.7 Å². The van der Waals surface area contributed by atoms with Crippen molar-refractivity contribution in [2.45, 2.75) is 18.6 Å². The Balaban J connectivity index is 1.39. The molecule has 1 N–H and O–H groups in total. The molecule has 1 aliphatic rings. The van der Waals surface area contributed by atoms with E-state index in [1.54, 1.807) is 17.0 Å². The molecule has 0 fully saturated rings. The molecule has 1 atom stereocenters. The highest BCUT2D eigenvalue weighted by molar-refractivity contribution is 5.90. The zero-order valence-corrected chi connectivity index (χ0v) is 18.1. The number of fused-ring (bicyclic) bond motifs is 2. The smallest absolute Gasteiger partial charge is 0.412 e. The first-order valence-electron chi connectivity index (χ1n) is 10.5. The second-order valence-corrected chi connectivity index (χ2v) is 8.03. The Labute approximate surface area is 194 Å². The Morgan fingerprint density at radius 2 is 2.09 bits per heavy atom. The third-order valence-corrected chi connectivity index (χ3v) is 5.79. The fourth-order valence-corrected chi connectivity index (χ4v) is 4.28. The minimum Gasteiger partial charge on any atom is -0.412 e. The molecule has 6 heterocycles. The standard InChI is InChI=1S/C21H16F3N9O2/c1-31-9-12(17(30-31)21(22,23)24)18-27-28-19(35-18)20(34)32-7-5-13-15(26-10-25-13)16(32)14-8-11-4-2-3-6-33(11)29-14/h2-4,6,8-10,16H,5,7H2,1H3,(H,25,26)/t16-/m0/s1. The van der Waals surface area contributed by atoms with Crippen molar-refractivity contribution >= 4 is 11.4 Å². The zero-order valence-electron chi connectivity index (χ0n) is 18.1. The van der Waals surface area contributed by atoms with Crippen LogP contribution in [0.1, 0.15) is 39.5 Å². The quantitative estimate of drug-likeness (QED) is 0.419. The van der Waals surface area contributed by atoms with Crippen LogP contribution in [0.2, 0.25) is 0 Å². The van der Waals surface area contributed by atoms with Crippen molar-refractivity contribution in [1.82, 2.24) is 44.5 Å². The van der Waals surface area contributed by atoms with Crippen LogP contribution in [0.15, 0.2) is 47.4 Å². The van der Waals surface area contributed by atoms with E-state index in [-0.39, 0.29) is 6.54 Å². The van der Waals surface area contributed by atoms with Crippen LogP contribution in [0.4, 0.5) is 13.2 Å². The van der Waals surface area contributed by atoms with Crippen LogP contribution in [-0.2, 0) is 19.6 Å². The van der Waals surface area contributed by atoms with Crippen LogP contribution in [0.3, 0.4) is 0 Å². The van der Waals surface area contributed by atoms with Crippen LogP contribution < -0.4 is 0 Å². The van der Waals surface area contributed by atoms with Gasteiger partial charge in [0.2, 0.25) is 0 Å². The second-order valence-electron chi connectivity index (χ2n) is 8.03.